The number of Topliss-reactive ketones (excluding diaryl/α,β-unsaturated/α-hetero) is 1. The van der Waals surface area contributed by atoms with E-state index in [9.17, 15) is 19.5 Å². The fourth-order valence-corrected chi connectivity index (χ4v) is 2.54. The topological polar surface area (TPSA) is 112 Å². The molecule has 2 rings (SSSR count). The molecular formula is C13H19BClNO8. The number of likely N-dealkylation sites (N-methyl/N-ethyl adjacent to an activating group) is 1. The van der Waals surface area contributed by atoms with Gasteiger partial charge in [0.2, 0.25) is 0 Å². The number of aliphatic hydroxyl groups excluding tert-OH is 1. The molecule has 2 saturated heterocycles. The number of ketones is 1. The highest BCUT2D eigenvalue weighted by atomic mass is 35.5. The Labute approximate surface area is 144 Å². The lowest BCUT2D eigenvalue weighted by Crippen LogP contribution is -2.58. The Hall–Kier alpha value is -1.20. The van der Waals surface area contributed by atoms with Gasteiger partial charge in [-0.3, -0.25) is 19.3 Å². The van der Waals surface area contributed by atoms with Crippen molar-refractivity contribution in [3.8, 4) is 0 Å². The Morgan fingerprint density at radius 1 is 1.25 bits per heavy atom. The van der Waals surface area contributed by atoms with Gasteiger partial charge in [-0.05, 0) is 20.9 Å². The summed E-state index contributed by atoms with van der Waals surface area (Å²) in [6.07, 6.45) is -2.85. The minimum atomic E-state index is -1.56. The summed E-state index contributed by atoms with van der Waals surface area (Å²) in [5.74, 6) is -2.96. The highest BCUT2D eigenvalue weighted by molar-refractivity contribution is 6.62. The van der Waals surface area contributed by atoms with Crippen LogP contribution in [0, 0.1) is 0 Å². The van der Waals surface area contributed by atoms with Crippen LogP contribution in [-0.4, -0.2) is 84.9 Å². The average molecular weight is 364 g/mol. The fraction of sp³-hybridized carbons (Fsp3) is 0.769. The van der Waals surface area contributed by atoms with Gasteiger partial charge in [-0.15, -0.1) is 11.6 Å². The zero-order valence-electron chi connectivity index (χ0n) is 13.6. The highest BCUT2D eigenvalue weighted by Gasteiger charge is 2.49. The van der Waals surface area contributed by atoms with E-state index in [1.165, 1.54) is 4.90 Å². The van der Waals surface area contributed by atoms with Gasteiger partial charge in [0, 0.05) is 0 Å². The smallest absolute Gasteiger partial charge is 0.497 e. The number of nitrogens with zero attached hydrogens (tertiary/aromatic N) is 1. The zero-order valence-corrected chi connectivity index (χ0v) is 14.3. The summed E-state index contributed by atoms with van der Waals surface area (Å²) in [5.41, 5.74) is 0. The Morgan fingerprint density at radius 3 is 2.33 bits per heavy atom. The number of halogens is 1. The van der Waals surface area contributed by atoms with Crippen LogP contribution in [0.4, 0.5) is 0 Å². The molecule has 2 fully saturated rings. The van der Waals surface area contributed by atoms with Crippen molar-refractivity contribution in [3.05, 3.63) is 0 Å². The Kier molecular flexibility index (Phi) is 5.87. The SMILES string of the molecule is CN1CC(=O)OB(C(Cl)C(O)[C@@H]2OC(C)(C)OCC2=O)OC(=O)C1. The predicted molar refractivity (Wildman–Crippen MR) is 81.0 cm³/mol. The standard InChI is InChI=1S/C13H19BClNO8/c1-13(2)21-6-7(17)11(22-13)10(20)12(15)14-23-8(18)4-16(3)5-9(19)24-14/h10-12,20H,4-6H2,1-3H3/t10?,11-,12?/m1/s1. The molecule has 24 heavy (non-hydrogen) atoms. The number of hydrogen-bond acceptors (Lipinski definition) is 9. The van der Waals surface area contributed by atoms with Gasteiger partial charge in [-0.2, -0.15) is 0 Å². The summed E-state index contributed by atoms with van der Waals surface area (Å²) in [5, 5.41) is 8.97. The maximum atomic E-state index is 11.9. The minimum absolute atomic E-state index is 0.134. The summed E-state index contributed by atoms with van der Waals surface area (Å²) in [7, 11) is 0.0182. The van der Waals surface area contributed by atoms with E-state index < -0.39 is 48.1 Å². The lowest BCUT2D eigenvalue weighted by Gasteiger charge is -2.38. The first-order valence-electron chi connectivity index (χ1n) is 7.33. The third-order valence-electron chi connectivity index (χ3n) is 3.48. The first-order valence-corrected chi connectivity index (χ1v) is 7.77. The van der Waals surface area contributed by atoms with Crippen LogP contribution in [0.15, 0.2) is 0 Å². The summed E-state index contributed by atoms with van der Waals surface area (Å²) < 4.78 is 20.5. The molecule has 2 aliphatic heterocycles. The summed E-state index contributed by atoms with van der Waals surface area (Å²) >= 11 is 6.10. The molecule has 2 unspecified atom stereocenters. The zero-order chi connectivity index (χ0) is 18.1. The second-order valence-corrected chi connectivity index (χ2v) is 6.65. The van der Waals surface area contributed by atoms with Gasteiger partial charge >= 0.3 is 19.1 Å². The molecule has 0 spiro atoms. The van der Waals surface area contributed by atoms with E-state index in [1.807, 2.05) is 0 Å². The van der Waals surface area contributed by atoms with Gasteiger partial charge in [0.05, 0.1) is 13.1 Å². The van der Waals surface area contributed by atoms with Crippen LogP contribution in [0.2, 0.25) is 0 Å². The van der Waals surface area contributed by atoms with Gasteiger partial charge in [-0.1, -0.05) is 0 Å². The van der Waals surface area contributed by atoms with Gasteiger partial charge in [0.25, 0.3) is 0 Å². The molecular weight excluding hydrogens is 344 g/mol. The van der Waals surface area contributed by atoms with Gasteiger partial charge in [-0.25, -0.2) is 0 Å². The second kappa shape index (κ2) is 7.36. The van der Waals surface area contributed by atoms with Crippen LogP contribution in [0.5, 0.6) is 0 Å². The van der Waals surface area contributed by atoms with Crippen molar-refractivity contribution in [1.82, 2.24) is 4.90 Å². The first kappa shape index (κ1) is 19.1. The molecule has 9 nitrogen and oxygen atoms in total. The number of rotatable bonds is 3. The second-order valence-electron chi connectivity index (χ2n) is 6.15. The van der Waals surface area contributed by atoms with Crippen molar-refractivity contribution >= 4 is 36.4 Å². The number of ether oxygens (including phenoxy) is 2. The predicted octanol–water partition coefficient (Wildman–Crippen LogP) is -1.27. The molecule has 0 aromatic heterocycles. The van der Waals surface area contributed by atoms with Crippen molar-refractivity contribution in [2.24, 2.45) is 0 Å². The fourth-order valence-electron chi connectivity index (χ4n) is 2.31. The number of alkyl halides is 1. The molecule has 0 aromatic rings. The van der Waals surface area contributed by atoms with E-state index in [-0.39, 0.29) is 19.7 Å². The number of carbonyl (C=O) groups is 3. The third-order valence-corrected chi connectivity index (χ3v) is 3.94. The van der Waals surface area contributed by atoms with Crippen LogP contribution in [0.1, 0.15) is 13.8 Å². The van der Waals surface area contributed by atoms with Crippen molar-refractivity contribution in [2.45, 2.75) is 37.1 Å². The molecule has 0 aromatic carbocycles. The van der Waals surface area contributed by atoms with Crippen molar-refractivity contribution < 1.29 is 38.3 Å². The third kappa shape index (κ3) is 4.67. The minimum Gasteiger partial charge on any atom is -0.497 e. The van der Waals surface area contributed by atoms with E-state index in [1.54, 1.807) is 20.9 Å². The van der Waals surface area contributed by atoms with Crippen LogP contribution in [0.25, 0.3) is 0 Å². The molecule has 134 valence electrons. The molecule has 3 atom stereocenters. The Morgan fingerprint density at radius 2 is 1.79 bits per heavy atom. The normalized spacial score (nSPS) is 28.5. The van der Waals surface area contributed by atoms with E-state index in [0.717, 1.165) is 0 Å². The summed E-state index contributed by atoms with van der Waals surface area (Å²) in [4.78, 5) is 36.8. The van der Waals surface area contributed by atoms with Crippen molar-refractivity contribution in [3.63, 3.8) is 0 Å². The van der Waals surface area contributed by atoms with Crippen LogP contribution < -0.4 is 0 Å². The first-order chi connectivity index (χ1) is 11.1. The molecule has 11 heteroatoms. The highest BCUT2D eigenvalue weighted by Crippen LogP contribution is 2.25. The Bertz CT molecular complexity index is 510. The molecule has 2 heterocycles. The van der Waals surface area contributed by atoms with Crippen LogP contribution >= 0.6 is 11.6 Å². The van der Waals surface area contributed by atoms with E-state index in [4.69, 9.17) is 30.4 Å². The number of aliphatic hydroxyl groups is 1. The lowest BCUT2D eigenvalue weighted by molar-refractivity contribution is -0.270. The molecule has 2 aliphatic rings. The van der Waals surface area contributed by atoms with Crippen LogP contribution in [0.3, 0.4) is 0 Å². The maximum Gasteiger partial charge on any atom is 0.620 e. The largest absolute Gasteiger partial charge is 0.620 e. The Balaban J connectivity index is 2.10. The van der Waals surface area contributed by atoms with Gasteiger partial charge in [0.15, 0.2) is 11.6 Å². The maximum absolute atomic E-state index is 11.9. The van der Waals surface area contributed by atoms with Crippen LogP contribution in [-0.2, 0) is 33.2 Å². The monoisotopic (exact) mass is 363 g/mol. The molecule has 0 amide bonds. The average Bonchev–Trinajstić information content (AvgIpc) is 2.45. The molecule has 0 bridgehead atoms. The molecule has 1 N–H and O–H groups in total. The number of carbonyl (C=O) groups excluding carboxylic acids is 3. The van der Waals surface area contributed by atoms with Crippen molar-refractivity contribution in [1.29, 1.82) is 0 Å². The molecule has 0 saturated carbocycles. The molecule has 0 aliphatic carbocycles. The summed E-state index contributed by atoms with van der Waals surface area (Å²) in [6.45, 7) is 2.63. The van der Waals surface area contributed by atoms with Gasteiger partial charge in [0.1, 0.15) is 24.1 Å². The van der Waals surface area contributed by atoms with Gasteiger partial charge < -0.3 is 23.9 Å². The van der Waals surface area contributed by atoms with E-state index in [2.05, 4.69) is 0 Å². The lowest BCUT2D eigenvalue weighted by atomic mass is 9.78. The quantitative estimate of drug-likeness (QED) is 0.485. The molecule has 0 radical (unpaired) electrons. The summed E-state index contributed by atoms with van der Waals surface area (Å²) in [6, 6.07) is 0. The van der Waals surface area contributed by atoms with E-state index >= 15 is 0 Å². The number of hydrogen-bond donors (Lipinski definition) is 1. The van der Waals surface area contributed by atoms with Crippen molar-refractivity contribution in [2.75, 3.05) is 26.7 Å². The van der Waals surface area contributed by atoms with E-state index in [0.29, 0.717) is 0 Å².